The fourth-order valence-electron chi connectivity index (χ4n) is 2.39. The Labute approximate surface area is 125 Å². The van der Waals surface area contributed by atoms with E-state index in [0.29, 0.717) is 13.1 Å². The van der Waals surface area contributed by atoms with E-state index in [-0.39, 0.29) is 12.1 Å². The number of morpholine rings is 1. The predicted octanol–water partition coefficient (Wildman–Crippen LogP) is 0.992. The second-order valence-corrected chi connectivity index (χ2v) is 5.12. The van der Waals surface area contributed by atoms with Crippen molar-refractivity contribution in [2.45, 2.75) is 26.0 Å². The highest BCUT2D eigenvalue weighted by molar-refractivity contribution is 5.73. The van der Waals surface area contributed by atoms with Gasteiger partial charge in [0.05, 0.1) is 18.4 Å². The molecule has 1 atom stereocenters. The number of nitrogens with one attached hydrogen (secondary N) is 2. The lowest BCUT2D eigenvalue weighted by Crippen LogP contribution is -2.44. The summed E-state index contributed by atoms with van der Waals surface area (Å²) >= 11 is 0. The Morgan fingerprint density at radius 1 is 1.48 bits per heavy atom. The summed E-state index contributed by atoms with van der Waals surface area (Å²) in [6, 6.07) is 5.87. The van der Waals surface area contributed by atoms with Crippen molar-refractivity contribution in [2.75, 3.05) is 32.8 Å². The summed E-state index contributed by atoms with van der Waals surface area (Å²) in [4.78, 5) is 18.0. The summed E-state index contributed by atoms with van der Waals surface area (Å²) in [5.74, 6) is 0. The minimum absolute atomic E-state index is 0.112. The lowest BCUT2D eigenvalue weighted by atomic mass is 10.2. The predicted molar refractivity (Wildman–Crippen MR) is 80.9 cm³/mol. The van der Waals surface area contributed by atoms with Crippen LogP contribution in [0.1, 0.15) is 19.0 Å². The van der Waals surface area contributed by atoms with Crippen LogP contribution >= 0.6 is 0 Å². The second kappa shape index (κ2) is 8.59. The molecule has 2 rings (SSSR count). The van der Waals surface area contributed by atoms with Crippen molar-refractivity contribution in [3.63, 3.8) is 0 Å². The highest BCUT2D eigenvalue weighted by Crippen LogP contribution is 2.11. The Morgan fingerprint density at radius 2 is 2.38 bits per heavy atom. The molecule has 0 saturated carbocycles. The number of urea groups is 1. The largest absolute Gasteiger partial charge is 0.375 e. The van der Waals surface area contributed by atoms with E-state index in [9.17, 15) is 4.79 Å². The molecule has 2 amide bonds. The van der Waals surface area contributed by atoms with Crippen LogP contribution < -0.4 is 10.6 Å². The van der Waals surface area contributed by atoms with E-state index in [0.717, 1.165) is 38.4 Å². The average Bonchev–Trinajstić information content (AvgIpc) is 2.49. The number of carbonyl (C=O) groups excluding carboxylic acids is 1. The van der Waals surface area contributed by atoms with E-state index in [1.165, 1.54) is 0 Å². The molecule has 1 aliphatic heterocycles. The molecule has 6 nitrogen and oxygen atoms in total. The molecule has 1 fully saturated rings. The molecular formula is C15H24N4O2. The SMILES string of the molecule is CCNC(=O)NCC[C@H]1CN(Cc2ccccn2)CCO1. The van der Waals surface area contributed by atoms with Crippen molar-refractivity contribution in [1.82, 2.24) is 20.5 Å². The van der Waals surface area contributed by atoms with Gasteiger partial charge in [-0.25, -0.2) is 4.79 Å². The lowest BCUT2D eigenvalue weighted by molar-refractivity contribution is -0.0344. The number of hydrogen-bond donors (Lipinski definition) is 2. The Hall–Kier alpha value is -1.66. The monoisotopic (exact) mass is 292 g/mol. The Bertz CT molecular complexity index is 427. The van der Waals surface area contributed by atoms with Crippen LogP contribution in [-0.2, 0) is 11.3 Å². The Balaban J connectivity index is 1.69. The maximum atomic E-state index is 11.3. The normalized spacial score (nSPS) is 19.2. The average molecular weight is 292 g/mol. The maximum absolute atomic E-state index is 11.3. The van der Waals surface area contributed by atoms with Crippen molar-refractivity contribution < 1.29 is 9.53 Å². The van der Waals surface area contributed by atoms with E-state index in [1.807, 2.05) is 31.3 Å². The van der Waals surface area contributed by atoms with Crippen molar-refractivity contribution in [2.24, 2.45) is 0 Å². The summed E-state index contributed by atoms with van der Waals surface area (Å²) in [6.45, 7) is 6.57. The Kier molecular flexibility index (Phi) is 6.43. The molecule has 1 aliphatic rings. The molecule has 1 saturated heterocycles. The highest BCUT2D eigenvalue weighted by atomic mass is 16.5. The van der Waals surface area contributed by atoms with Crippen molar-refractivity contribution in [3.05, 3.63) is 30.1 Å². The second-order valence-electron chi connectivity index (χ2n) is 5.12. The first-order chi connectivity index (χ1) is 10.3. The third-order valence-electron chi connectivity index (χ3n) is 3.42. The van der Waals surface area contributed by atoms with Gasteiger partial charge in [0.15, 0.2) is 0 Å². The number of ether oxygens (including phenoxy) is 1. The number of rotatable bonds is 6. The van der Waals surface area contributed by atoms with Crippen LogP contribution in [0, 0.1) is 0 Å². The van der Waals surface area contributed by atoms with Gasteiger partial charge in [0.1, 0.15) is 0 Å². The van der Waals surface area contributed by atoms with Gasteiger partial charge in [0.2, 0.25) is 0 Å². The first kappa shape index (κ1) is 15.7. The van der Waals surface area contributed by atoms with Crippen LogP contribution in [0.25, 0.3) is 0 Å². The number of carbonyl (C=O) groups is 1. The van der Waals surface area contributed by atoms with Gasteiger partial charge in [-0.1, -0.05) is 6.07 Å². The molecule has 0 unspecified atom stereocenters. The number of pyridine rings is 1. The summed E-state index contributed by atoms with van der Waals surface area (Å²) in [5.41, 5.74) is 1.08. The van der Waals surface area contributed by atoms with E-state index < -0.39 is 0 Å². The molecule has 0 radical (unpaired) electrons. The van der Waals surface area contributed by atoms with Crippen LogP contribution in [0.2, 0.25) is 0 Å². The zero-order valence-corrected chi connectivity index (χ0v) is 12.5. The van der Waals surface area contributed by atoms with Gasteiger partial charge >= 0.3 is 6.03 Å². The summed E-state index contributed by atoms with van der Waals surface area (Å²) in [5, 5.41) is 5.55. The fraction of sp³-hybridized carbons (Fsp3) is 0.600. The quantitative estimate of drug-likeness (QED) is 0.820. The summed E-state index contributed by atoms with van der Waals surface area (Å²) < 4.78 is 5.75. The van der Waals surface area contributed by atoms with Gasteiger partial charge in [-0.15, -0.1) is 0 Å². The molecule has 1 aromatic heterocycles. The minimum atomic E-state index is -0.112. The van der Waals surface area contributed by atoms with Crippen molar-refractivity contribution >= 4 is 6.03 Å². The molecule has 0 spiro atoms. The molecule has 0 aromatic carbocycles. The zero-order valence-electron chi connectivity index (χ0n) is 12.5. The highest BCUT2D eigenvalue weighted by Gasteiger charge is 2.20. The molecule has 21 heavy (non-hydrogen) atoms. The van der Waals surface area contributed by atoms with Crippen LogP contribution in [0.4, 0.5) is 4.79 Å². The standard InChI is InChI=1S/C15H24N4O2/c1-2-16-15(20)18-8-6-14-12-19(9-10-21-14)11-13-5-3-4-7-17-13/h3-5,7,14H,2,6,8-12H2,1H3,(H2,16,18,20)/t14-/m0/s1. The van der Waals surface area contributed by atoms with E-state index in [4.69, 9.17) is 4.74 Å². The topological polar surface area (TPSA) is 66.5 Å². The van der Waals surface area contributed by atoms with Gasteiger partial charge in [-0.3, -0.25) is 9.88 Å². The molecular weight excluding hydrogens is 268 g/mol. The van der Waals surface area contributed by atoms with E-state index in [1.54, 1.807) is 0 Å². The number of hydrogen-bond acceptors (Lipinski definition) is 4. The first-order valence-corrected chi connectivity index (χ1v) is 7.53. The molecule has 2 heterocycles. The number of amides is 2. The maximum Gasteiger partial charge on any atom is 0.314 e. The number of aromatic nitrogens is 1. The molecule has 6 heteroatoms. The van der Waals surface area contributed by atoms with E-state index >= 15 is 0 Å². The summed E-state index contributed by atoms with van der Waals surface area (Å²) in [7, 11) is 0. The van der Waals surface area contributed by atoms with Gasteiger partial charge in [0.25, 0.3) is 0 Å². The lowest BCUT2D eigenvalue weighted by Gasteiger charge is -2.32. The van der Waals surface area contributed by atoms with Crippen LogP contribution in [0.3, 0.4) is 0 Å². The minimum Gasteiger partial charge on any atom is -0.375 e. The first-order valence-electron chi connectivity index (χ1n) is 7.53. The van der Waals surface area contributed by atoms with E-state index in [2.05, 4.69) is 20.5 Å². The van der Waals surface area contributed by atoms with Crippen molar-refractivity contribution in [1.29, 1.82) is 0 Å². The fourth-order valence-corrected chi connectivity index (χ4v) is 2.39. The third-order valence-corrected chi connectivity index (χ3v) is 3.42. The van der Waals surface area contributed by atoms with Crippen LogP contribution in [-0.4, -0.2) is 54.8 Å². The molecule has 0 bridgehead atoms. The summed E-state index contributed by atoms with van der Waals surface area (Å²) in [6.07, 6.45) is 2.82. The van der Waals surface area contributed by atoms with Crippen molar-refractivity contribution in [3.8, 4) is 0 Å². The molecule has 2 N–H and O–H groups in total. The van der Waals surface area contributed by atoms with Gasteiger partial charge < -0.3 is 15.4 Å². The third kappa shape index (κ3) is 5.69. The van der Waals surface area contributed by atoms with Gasteiger partial charge in [-0.05, 0) is 25.5 Å². The zero-order chi connectivity index (χ0) is 14.9. The molecule has 0 aliphatic carbocycles. The van der Waals surface area contributed by atoms with Gasteiger partial charge in [-0.2, -0.15) is 0 Å². The number of nitrogens with zero attached hydrogens (tertiary/aromatic N) is 2. The molecule has 1 aromatic rings. The Morgan fingerprint density at radius 3 is 3.14 bits per heavy atom. The van der Waals surface area contributed by atoms with Gasteiger partial charge in [0, 0.05) is 38.9 Å². The van der Waals surface area contributed by atoms with Crippen LogP contribution in [0.15, 0.2) is 24.4 Å². The molecule has 116 valence electrons. The van der Waals surface area contributed by atoms with Crippen LogP contribution in [0.5, 0.6) is 0 Å². The smallest absolute Gasteiger partial charge is 0.314 e.